The molecule has 0 radical (unpaired) electrons. The molecule has 5 heterocycles. The molecule has 2 aliphatic rings. The van der Waals surface area contributed by atoms with Crippen LogP contribution in [0.15, 0.2) is 64.9 Å². The lowest BCUT2D eigenvalue weighted by Crippen LogP contribution is -2.33. The molecule has 1 amide bonds. The Morgan fingerprint density at radius 1 is 1.10 bits per heavy atom. The summed E-state index contributed by atoms with van der Waals surface area (Å²) >= 11 is 6.57. The Bertz CT molecular complexity index is 1690. The van der Waals surface area contributed by atoms with Gasteiger partial charge in [-0.15, -0.1) is 0 Å². The van der Waals surface area contributed by atoms with Gasteiger partial charge in [0, 0.05) is 24.0 Å². The third kappa shape index (κ3) is 4.79. The summed E-state index contributed by atoms with van der Waals surface area (Å²) in [7, 11) is 0. The van der Waals surface area contributed by atoms with Crippen molar-refractivity contribution in [2.75, 3.05) is 10.2 Å². The Kier molecular flexibility index (Phi) is 7.46. The van der Waals surface area contributed by atoms with Crippen LogP contribution < -0.4 is 10.2 Å². The number of fused-ring (bicyclic) bond motifs is 1. The monoisotopic (exact) mass is 577 g/mol. The van der Waals surface area contributed by atoms with Gasteiger partial charge in [-0.3, -0.25) is 14.8 Å². The van der Waals surface area contributed by atoms with Crippen LogP contribution in [-0.2, 0) is 26.3 Å². The van der Waals surface area contributed by atoms with Gasteiger partial charge >= 0.3 is 0 Å². The Morgan fingerprint density at radius 3 is 2.54 bits per heavy atom. The van der Waals surface area contributed by atoms with E-state index in [0.717, 1.165) is 11.8 Å². The van der Waals surface area contributed by atoms with E-state index in [1.165, 1.54) is 0 Å². The molecule has 8 nitrogen and oxygen atoms in total. The zero-order valence-electron chi connectivity index (χ0n) is 22.8. The molecule has 0 spiro atoms. The zero-order valence-corrected chi connectivity index (χ0v) is 23.6. The third-order valence-electron chi connectivity index (χ3n) is 7.50. The van der Waals surface area contributed by atoms with Gasteiger partial charge in [-0.05, 0) is 50.5 Å². The van der Waals surface area contributed by atoms with Gasteiger partial charge in [-0.1, -0.05) is 25.4 Å². The maximum absolute atomic E-state index is 14.0. The maximum Gasteiger partial charge on any atom is 0.236 e. The molecule has 0 unspecified atom stereocenters. The number of allylic oxidation sites excluding steroid dienone is 3. The molecule has 0 saturated heterocycles. The van der Waals surface area contributed by atoms with Crippen molar-refractivity contribution in [2.45, 2.75) is 52.6 Å². The Morgan fingerprint density at radius 2 is 1.85 bits per heavy atom. The Balaban J connectivity index is 1.49. The van der Waals surface area contributed by atoms with Crippen molar-refractivity contribution in [1.29, 1.82) is 0 Å². The van der Waals surface area contributed by atoms with Gasteiger partial charge in [-0.25, -0.2) is 18.6 Å². The summed E-state index contributed by atoms with van der Waals surface area (Å²) in [6.45, 7) is 7.20. The van der Waals surface area contributed by atoms with Crippen molar-refractivity contribution in [2.24, 2.45) is 0 Å². The van der Waals surface area contributed by atoms with Crippen molar-refractivity contribution in [3.8, 4) is 11.4 Å². The van der Waals surface area contributed by atoms with E-state index in [1.54, 1.807) is 36.2 Å². The fourth-order valence-electron chi connectivity index (χ4n) is 5.13. The number of hydrogen-bond donors (Lipinski definition) is 1. The van der Waals surface area contributed by atoms with Crippen LogP contribution in [0.3, 0.4) is 0 Å². The van der Waals surface area contributed by atoms with Crippen molar-refractivity contribution < 1.29 is 23.1 Å². The zero-order chi connectivity index (χ0) is 29.5. The summed E-state index contributed by atoms with van der Waals surface area (Å²) in [6.07, 6.45) is 5.37. The first kappa shape index (κ1) is 28.1. The number of amides is 1. The molecule has 1 N–H and O–H groups in total. The van der Waals surface area contributed by atoms with Gasteiger partial charge in [0.05, 0.1) is 40.1 Å². The molecule has 41 heavy (non-hydrogen) atoms. The first-order chi connectivity index (χ1) is 19.6. The van der Waals surface area contributed by atoms with Gasteiger partial charge in [0.15, 0.2) is 17.5 Å². The Hall–Kier alpha value is -4.40. The summed E-state index contributed by atoms with van der Waals surface area (Å²) in [4.78, 5) is 39.8. The van der Waals surface area contributed by atoms with Crippen molar-refractivity contribution >= 4 is 34.8 Å². The number of halogens is 3. The highest BCUT2D eigenvalue weighted by Crippen LogP contribution is 2.43. The molecule has 2 aliphatic heterocycles. The molecule has 210 valence electrons. The van der Waals surface area contributed by atoms with E-state index in [4.69, 9.17) is 21.3 Å². The molecule has 0 fully saturated rings. The normalized spacial score (nSPS) is 15.9. The van der Waals surface area contributed by atoms with Crippen LogP contribution in [0.5, 0.6) is 0 Å². The minimum absolute atomic E-state index is 0.0119. The van der Waals surface area contributed by atoms with Crippen LogP contribution in [0.2, 0.25) is 0 Å². The van der Waals surface area contributed by atoms with E-state index in [0.29, 0.717) is 53.1 Å². The predicted molar refractivity (Wildman–Crippen MR) is 150 cm³/mol. The van der Waals surface area contributed by atoms with Crippen LogP contribution in [0.4, 0.5) is 20.2 Å². The van der Waals surface area contributed by atoms with Gasteiger partial charge in [0.25, 0.3) is 0 Å². The van der Waals surface area contributed by atoms with Crippen LogP contribution in [0.25, 0.3) is 11.4 Å². The van der Waals surface area contributed by atoms with E-state index in [1.807, 2.05) is 32.8 Å². The molecule has 11 heteroatoms. The minimum atomic E-state index is -0.860. The highest BCUT2D eigenvalue weighted by Gasteiger charge is 2.45. The molecule has 0 atom stereocenters. The van der Waals surface area contributed by atoms with E-state index < -0.39 is 17.0 Å². The van der Waals surface area contributed by atoms with Crippen LogP contribution >= 0.6 is 11.6 Å². The minimum Gasteiger partial charge on any atom is -0.485 e. The Labute approximate surface area is 240 Å². The quantitative estimate of drug-likeness (QED) is 0.332. The number of aryl methyl sites for hydroxylation is 1. The summed E-state index contributed by atoms with van der Waals surface area (Å²) in [6, 6.07) is 6.12. The standard InChI is InChI=1S/C30H26ClF2N5O3/c1-5-30(6-2)28-21(37-29(30)40)8-7-20(36-28)22-11-24(16(3)12-34-22)38-17(4)9-26(27(31)25(38)14-39)41-15-23-19(33)10-18(32)13-35-23/h7-13H,5-6,15H2,1-4H3,(H,37,40). The molecule has 0 saturated carbocycles. The summed E-state index contributed by atoms with van der Waals surface area (Å²) in [5.41, 5.74) is 3.58. The predicted octanol–water partition coefficient (Wildman–Crippen LogP) is 6.24. The number of carbonyl (C=O) groups is 1. The smallest absolute Gasteiger partial charge is 0.236 e. The van der Waals surface area contributed by atoms with Crippen LogP contribution in [-0.4, -0.2) is 26.8 Å². The highest BCUT2D eigenvalue weighted by atomic mass is 35.5. The molecular formula is C30H26ClF2N5O3. The third-order valence-corrected chi connectivity index (χ3v) is 7.87. The average molecular weight is 578 g/mol. The van der Waals surface area contributed by atoms with E-state index in [-0.39, 0.29) is 34.7 Å². The molecule has 0 aliphatic carbocycles. The number of carbonyl (C=O) groups excluding carboxylic acids is 2. The lowest BCUT2D eigenvalue weighted by Gasteiger charge is -2.31. The molecule has 0 aromatic carbocycles. The number of aromatic nitrogens is 3. The summed E-state index contributed by atoms with van der Waals surface area (Å²) in [5.74, 6) is 0.279. The topological polar surface area (TPSA) is 97.3 Å². The fourth-order valence-corrected chi connectivity index (χ4v) is 5.36. The van der Waals surface area contributed by atoms with Gasteiger partial charge in [0.2, 0.25) is 5.91 Å². The average Bonchev–Trinajstić information content (AvgIpc) is 3.24. The maximum atomic E-state index is 14.0. The lowest BCUT2D eigenvalue weighted by atomic mass is 9.80. The molecular weight excluding hydrogens is 552 g/mol. The molecule has 3 aromatic heterocycles. The number of rotatable bonds is 7. The number of ether oxygens (including phenoxy) is 1. The number of hydrogen-bond acceptors (Lipinski definition) is 7. The molecule has 0 bridgehead atoms. The first-order valence-corrected chi connectivity index (χ1v) is 13.4. The lowest BCUT2D eigenvalue weighted by molar-refractivity contribution is -0.121. The second-order valence-electron chi connectivity index (χ2n) is 9.81. The number of anilines is 2. The summed E-state index contributed by atoms with van der Waals surface area (Å²) in [5, 5.41) is 2.90. The second kappa shape index (κ2) is 10.9. The van der Waals surface area contributed by atoms with Crippen molar-refractivity contribution in [1.82, 2.24) is 15.0 Å². The van der Waals surface area contributed by atoms with E-state index in [9.17, 15) is 18.4 Å². The second-order valence-corrected chi connectivity index (χ2v) is 10.2. The SMILES string of the molecule is CCC1(CC)C(=O)Nc2ccc(-c3cc(N4C(=C=O)C(Cl)=C(OCc5ncc(F)cc5F)C=C4C)c(C)cn3)nc21. The van der Waals surface area contributed by atoms with Crippen LogP contribution in [0.1, 0.15) is 50.6 Å². The van der Waals surface area contributed by atoms with Gasteiger partial charge in [-0.2, -0.15) is 0 Å². The molecule has 5 rings (SSSR count). The molecule has 3 aromatic rings. The van der Waals surface area contributed by atoms with Gasteiger partial charge in [0.1, 0.15) is 28.9 Å². The van der Waals surface area contributed by atoms with Crippen molar-refractivity contribution in [3.05, 3.63) is 93.5 Å². The number of nitrogens with one attached hydrogen (secondary N) is 1. The first-order valence-electron chi connectivity index (χ1n) is 13.0. The van der Waals surface area contributed by atoms with E-state index in [2.05, 4.69) is 15.3 Å². The van der Waals surface area contributed by atoms with Crippen molar-refractivity contribution in [3.63, 3.8) is 0 Å². The van der Waals surface area contributed by atoms with Gasteiger partial charge < -0.3 is 15.0 Å². The number of nitrogens with zero attached hydrogens (tertiary/aromatic N) is 4. The fraction of sp³-hybridized carbons (Fsp3) is 0.267. The highest BCUT2D eigenvalue weighted by molar-refractivity contribution is 6.33. The summed E-state index contributed by atoms with van der Waals surface area (Å²) < 4.78 is 32.9. The van der Waals surface area contributed by atoms with E-state index >= 15 is 0 Å². The van der Waals surface area contributed by atoms with Crippen LogP contribution in [0, 0.1) is 18.6 Å². The number of pyridine rings is 3. The largest absolute Gasteiger partial charge is 0.485 e.